The number of imidazole rings is 1. The van der Waals surface area contributed by atoms with Gasteiger partial charge in [-0.05, 0) is 37.1 Å². The first-order chi connectivity index (χ1) is 11.7. The molecule has 0 spiro atoms. The molecule has 1 aliphatic heterocycles. The number of carbonyl (C=O) groups is 1. The maximum atomic E-state index is 12.6. The van der Waals surface area contributed by atoms with Crippen molar-refractivity contribution in [1.29, 1.82) is 0 Å². The van der Waals surface area contributed by atoms with Crippen LogP contribution >= 0.6 is 0 Å². The molecule has 1 aromatic carbocycles. The van der Waals surface area contributed by atoms with Crippen molar-refractivity contribution in [1.82, 2.24) is 14.9 Å². The Morgan fingerprint density at radius 1 is 1.33 bits per heavy atom. The van der Waals surface area contributed by atoms with Crippen molar-refractivity contribution in [2.24, 2.45) is 7.05 Å². The molecular weight excluding hydrogens is 304 g/mol. The number of rotatable bonds is 4. The molecule has 3 aromatic rings. The molecular formula is C18H20N4O2. The SMILES string of the molecule is Cn1c(N2CCCC2C(=O)NCc2ccco2)nc2ccccc21. The molecule has 0 bridgehead atoms. The van der Waals surface area contributed by atoms with Gasteiger partial charge in [0.25, 0.3) is 0 Å². The predicted molar refractivity (Wildman–Crippen MR) is 91.6 cm³/mol. The lowest BCUT2D eigenvalue weighted by molar-refractivity contribution is -0.122. The third-order valence-corrected chi connectivity index (χ3v) is 4.59. The van der Waals surface area contributed by atoms with Gasteiger partial charge in [0.15, 0.2) is 0 Å². The second-order valence-corrected chi connectivity index (χ2v) is 6.11. The average molecular weight is 324 g/mol. The topological polar surface area (TPSA) is 63.3 Å². The average Bonchev–Trinajstić information content (AvgIpc) is 3.33. The Morgan fingerprint density at radius 3 is 3.00 bits per heavy atom. The highest BCUT2D eigenvalue weighted by atomic mass is 16.3. The maximum absolute atomic E-state index is 12.6. The number of nitrogens with zero attached hydrogens (tertiary/aromatic N) is 3. The van der Waals surface area contributed by atoms with Crippen LogP contribution in [0.25, 0.3) is 11.0 Å². The molecule has 6 nitrogen and oxygen atoms in total. The van der Waals surface area contributed by atoms with E-state index in [1.165, 1.54) is 0 Å². The normalized spacial score (nSPS) is 17.5. The third-order valence-electron chi connectivity index (χ3n) is 4.59. The lowest BCUT2D eigenvalue weighted by Gasteiger charge is -2.24. The Hall–Kier alpha value is -2.76. The van der Waals surface area contributed by atoms with Crippen LogP contribution in [-0.2, 0) is 18.4 Å². The summed E-state index contributed by atoms with van der Waals surface area (Å²) in [6, 6.07) is 11.5. The molecule has 2 aromatic heterocycles. The zero-order valence-electron chi connectivity index (χ0n) is 13.6. The number of nitrogens with one attached hydrogen (secondary N) is 1. The molecule has 3 heterocycles. The van der Waals surface area contributed by atoms with Gasteiger partial charge in [0.05, 0.1) is 23.8 Å². The summed E-state index contributed by atoms with van der Waals surface area (Å²) in [4.78, 5) is 19.5. The molecule has 1 amide bonds. The van der Waals surface area contributed by atoms with Gasteiger partial charge in [0.2, 0.25) is 11.9 Å². The second-order valence-electron chi connectivity index (χ2n) is 6.11. The molecule has 1 atom stereocenters. The van der Waals surface area contributed by atoms with E-state index in [2.05, 4.69) is 14.8 Å². The van der Waals surface area contributed by atoms with Crippen molar-refractivity contribution in [3.05, 3.63) is 48.4 Å². The van der Waals surface area contributed by atoms with Gasteiger partial charge in [-0.25, -0.2) is 4.98 Å². The summed E-state index contributed by atoms with van der Waals surface area (Å²) in [5, 5.41) is 2.97. The Kier molecular flexibility index (Phi) is 3.72. The van der Waals surface area contributed by atoms with Crippen LogP contribution in [0, 0.1) is 0 Å². The van der Waals surface area contributed by atoms with Crippen molar-refractivity contribution < 1.29 is 9.21 Å². The summed E-state index contributed by atoms with van der Waals surface area (Å²) in [6.07, 6.45) is 3.44. The maximum Gasteiger partial charge on any atom is 0.243 e. The Balaban J connectivity index is 1.55. The highest BCUT2D eigenvalue weighted by molar-refractivity contribution is 5.86. The fraction of sp³-hybridized carbons (Fsp3) is 0.333. The van der Waals surface area contributed by atoms with Crippen molar-refractivity contribution >= 4 is 22.9 Å². The Morgan fingerprint density at radius 2 is 2.21 bits per heavy atom. The fourth-order valence-corrected chi connectivity index (χ4v) is 3.37. The summed E-state index contributed by atoms with van der Waals surface area (Å²) in [5.74, 6) is 1.64. The monoisotopic (exact) mass is 324 g/mol. The number of benzene rings is 1. The van der Waals surface area contributed by atoms with Gasteiger partial charge in [0, 0.05) is 13.6 Å². The molecule has 24 heavy (non-hydrogen) atoms. The van der Waals surface area contributed by atoms with E-state index >= 15 is 0 Å². The fourth-order valence-electron chi connectivity index (χ4n) is 3.37. The number of aryl methyl sites for hydroxylation is 1. The highest BCUT2D eigenvalue weighted by Crippen LogP contribution is 2.27. The summed E-state index contributed by atoms with van der Waals surface area (Å²) < 4.78 is 7.34. The van der Waals surface area contributed by atoms with Gasteiger partial charge in [-0.2, -0.15) is 0 Å². The van der Waals surface area contributed by atoms with Crippen LogP contribution in [0.4, 0.5) is 5.95 Å². The lowest BCUT2D eigenvalue weighted by atomic mass is 10.2. The Bertz CT molecular complexity index is 853. The van der Waals surface area contributed by atoms with E-state index in [1.807, 2.05) is 43.4 Å². The first-order valence-electron chi connectivity index (χ1n) is 8.22. The molecule has 4 rings (SSSR count). The van der Waals surface area contributed by atoms with E-state index in [4.69, 9.17) is 9.40 Å². The smallest absolute Gasteiger partial charge is 0.243 e. The van der Waals surface area contributed by atoms with Crippen LogP contribution in [-0.4, -0.2) is 28.0 Å². The number of fused-ring (bicyclic) bond motifs is 1. The number of aromatic nitrogens is 2. The third kappa shape index (κ3) is 2.54. The summed E-state index contributed by atoms with van der Waals surface area (Å²) in [5.41, 5.74) is 2.03. The van der Waals surface area contributed by atoms with E-state index in [9.17, 15) is 4.79 Å². The number of anilines is 1. The second kappa shape index (κ2) is 6.03. The van der Waals surface area contributed by atoms with Crippen LogP contribution in [0.15, 0.2) is 47.1 Å². The molecule has 1 saturated heterocycles. The van der Waals surface area contributed by atoms with E-state index in [1.54, 1.807) is 6.26 Å². The van der Waals surface area contributed by atoms with Gasteiger partial charge in [-0.3, -0.25) is 4.79 Å². The number of hydrogen-bond acceptors (Lipinski definition) is 4. The minimum atomic E-state index is -0.185. The van der Waals surface area contributed by atoms with Crippen molar-refractivity contribution in [3.8, 4) is 0 Å². The van der Waals surface area contributed by atoms with Crippen LogP contribution in [0.2, 0.25) is 0 Å². The predicted octanol–water partition coefficient (Wildman–Crippen LogP) is 2.45. The minimum absolute atomic E-state index is 0.0240. The molecule has 1 fully saturated rings. The first kappa shape index (κ1) is 14.8. The minimum Gasteiger partial charge on any atom is -0.467 e. The van der Waals surface area contributed by atoms with E-state index in [0.717, 1.165) is 42.1 Å². The molecule has 0 aliphatic carbocycles. The number of furan rings is 1. The molecule has 6 heteroatoms. The first-order valence-corrected chi connectivity index (χ1v) is 8.22. The number of para-hydroxylation sites is 2. The molecule has 0 radical (unpaired) electrons. The van der Waals surface area contributed by atoms with Crippen molar-refractivity contribution in [2.75, 3.05) is 11.4 Å². The molecule has 124 valence electrons. The van der Waals surface area contributed by atoms with Crippen LogP contribution < -0.4 is 10.2 Å². The zero-order chi connectivity index (χ0) is 16.5. The standard InChI is InChI=1S/C18H20N4O2/c1-21-15-8-3-2-7-14(15)20-18(21)22-10-4-9-16(22)17(23)19-12-13-6-5-11-24-13/h2-3,5-8,11,16H,4,9-10,12H2,1H3,(H,19,23). The van der Waals surface area contributed by atoms with Crippen molar-refractivity contribution in [3.63, 3.8) is 0 Å². The molecule has 1 unspecified atom stereocenters. The van der Waals surface area contributed by atoms with Gasteiger partial charge in [0.1, 0.15) is 11.8 Å². The summed E-state index contributed by atoms with van der Waals surface area (Å²) >= 11 is 0. The van der Waals surface area contributed by atoms with Crippen molar-refractivity contribution in [2.45, 2.75) is 25.4 Å². The summed E-state index contributed by atoms with van der Waals surface area (Å²) in [7, 11) is 2.00. The number of carbonyl (C=O) groups excluding carboxylic acids is 1. The van der Waals surface area contributed by atoms with E-state index in [-0.39, 0.29) is 11.9 Å². The zero-order valence-corrected chi connectivity index (χ0v) is 13.6. The van der Waals surface area contributed by atoms with E-state index < -0.39 is 0 Å². The molecule has 1 aliphatic rings. The van der Waals surface area contributed by atoms with Gasteiger partial charge in [-0.1, -0.05) is 12.1 Å². The molecule has 1 N–H and O–H groups in total. The van der Waals surface area contributed by atoms with Crippen LogP contribution in [0.5, 0.6) is 0 Å². The quantitative estimate of drug-likeness (QED) is 0.801. The number of amides is 1. The number of hydrogen-bond donors (Lipinski definition) is 1. The van der Waals surface area contributed by atoms with Crippen LogP contribution in [0.1, 0.15) is 18.6 Å². The highest BCUT2D eigenvalue weighted by Gasteiger charge is 2.33. The molecule has 0 saturated carbocycles. The van der Waals surface area contributed by atoms with Gasteiger partial charge >= 0.3 is 0 Å². The van der Waals surface area contributed by atoms with Gasteiger partial charge < -0.3 is 19.2 Å². The van der Waals surface area contributed by atoms with Gasteiger partial charge in [-0.15, -0.1) is 0 Å². The largest absolute Gasteiger partial charge is 0.467 e. The summed E-state index contributed by atoms with van der Waals surface area (Å²) in [6.45, 7) is 1.26. The Labute approximate surface area is 140 Å². The van der Waals surface area contributed by atoms with E-state index in [0.29, 0.717) is 6.54 Å². The lowest BCUT2D eigenvalue weighted by Crippen LogP contribution is -2.44. The van der Waals surface area contributed by atoms with Crippen LogP contribution in [0.3, 0.4) is 0 Å².